The Morgan fingerprint density at radius 2 is 1.86 bits per heavy atom. The zero-order valence-corrected chi connectivity index (χ0v) is 21.8. The number of aromatic nitrogens is 3. The van der Waals surface area contributed by atoms with E-state index in [4.69, 9.17) is 4.98 Å². The molecule has 1 aliphatic rings. The van der Waals surface area contributed by atoms with Gasteiger partial charge in [-0.1, -0.05) is 6.07 Å². The standard InChI is InChI=1S/C25H36N6O3S/c1-17-14-18(2)24-22(15-17)31(16-21-23(32)7-6-19(3)27-21)25(29-24)28-20-8-11-30(12-9-20)10-5-13-35(33,34)26-4/h6-7,14-15,20,26,32H,5,8-13,16H2,1-4H3,(H,28,29). The summed E-state index contributed by atoms with van der Waals surface area (Å²) in [5, 5.41) is 14.1. The van der Waals surface area contributed by atoms with Gasteiger partial charge in [0.05, 0.1) is 23.3 Å². The van der Waals surface area contributed by atoms with Gasteiger partial charge < -0.3 is 19.9 Å². The number of aromatic hydroxyl groups is 1. The third-order valence-electron chi connectivity index (χ3n) is 6.71. The molecular formula is C25H36N6O3S. The van der Waals surface area contributed by atoms with Crippen LogP contribution in [-0.2, 0) is 16.6 Å². The lowest BCUT2D eigenvalue weighted by Gasteiger charge is -2.32. The summed E-state index contributed by atoms with van der Waals surface area (Å²) in [7, 11) is -1.69. The molecule has 0 aliphatic carbocycles. The molecule has 0 spiro atoms. The summed E-state index contributed by atoms with van der Waals surface area (Å²) >= 11 is 0. The van der Waals surface area contributed by atoms with Crippen LogP contribution >= 0.6 is 0 Å². The summed E-state index contributed by atoms with van der Waals surface area (Å²) in [6, 6.07) is 8.04. The predicted octanol–water partition coefficient (Wildman–Crippen LogP) is 2.93. The number of aryl methyl sites for hydroxylation is 3. The number of pyridine rings is 1. The van der Waals surface area contributed by atoms with E-state index < -0.39 is 10.0 Å². The van der Waals surface area contributed by atoms with Gasteiger partial charge in [0.15, 0.2) is 0 Å². The molecule has 0 atom stereocenters. The van der Waals surface area contributed by atoms with Crippen LogP contribution in [-0.4, -0.2) is 71.4 Å². The Labute approximate surface area is 207 Å². The number of imidazole rings is 1. The summed E-state index contributed by atoms with van der Waals surface area (Å²) in [6.45, 7) is 9.11. The van der Waals surface area contributed by atoms with Crippen molar-refractivity contribution in [3.63, 3.8) is 0 Å². The molecule has 0 unspecified atom stereocenters. The van der Waals surface area contributed by atoms with Crippen molar-refractivity contribution < 1.29 is 13.5 Å². The second kappa shape index (κ2) is 10.5. The first kappa shape index (κ1) is 25.4. The van der Waals surface area contributed by atoms with Gasteiger partial charge >= 0.3 is 0 Å². The highest BCUT2D eigenvalue weighted by Gasteiger charge is 2.23. The summed E-state index contributed by atoms with van der Waals surface area (Å²) < 4.78 is 27.8. The van der Waals surface area contributed by atoms with E-state index in [1.165, 1.54) is 7.05 Å². The number of nitrogens with zero attached hydrogens (tertiary/aromatic N) is 4. The maximum Gasteiger partial charge on any atom is 0.211 e. The van der Waals surface area contributed by atoms with Gasteiger partial charge in [-0.15, -0.1) is 0 Å². The van der Waals surface area contributed by atoms with E-state index in [2.05, 4.69) is 50.5 Å². The first-order valence-corrected chi connectivity index (χ1v) is 13.8. The van der Waals surface area contributed by atoms with Gasteiger partial charge in [0.25, 0.3) is 0 Å². The van der Waals surface area contributed by atoms with Gasteiger partial charge in [-0.25, -0.2) is 18.1 Å². The van der Waals surface area contributed by atoms with Crippen molar-refractivity contribution >= 4 is 27.0 Å². The van der Waals surface area contributed by atoms with E-state index in [0.29, 0.717) is 18.7 Å². The average Bonchev–Trinajstić information content (AvgIpc) is 3.14. The van der Waals surface area contributed by atoms with Crippen molar-refractivity contribution in [2.45, 2.75) is 52.6 Å². The molecule has 3 heterocycles. The maximum absolute atomic E-state index is 11.6. The molecule has 0 saturated carbocycles. The van der Waals surface area contributed by atoms with Crippen LogP contribution < -0.4 is 10.0 Å². The highest BCUT2D eigenvalue weighted by molar-refractivity contribution is 7.89. The monoisotopic (exact) mass is 500 g/mol. The highest BCUT2D eigenvalue weighted by atomic mass is 32.2. The highest BCUT2D eigenvalue weighted by Crippen LogP contribution is 2.28. The van der Waals surface area contributed by atoms with Crippen molar-refractivity contribution in [3.8, 4) is 5.75 Å². The van der Waals surface area contributed by atoms with Crippen LogP contribution in [0.5, 0.6) is 5.75 Å². The molecule has 1 aliphatic heterocycles. The average molecular weight is 501 g/mol. The number of sulfonamides is 1. The Balaban J connectivity index is 1.50. The third-order valence-corrected chi connectivity index (χ3v) is 8.15. The molecule has 1 fully saturated rings. The Kier molecular flexibility index (Phi) is 7.63. The summed E-state index contributed by atoms with van der Waals surface area (Å²) in [6.07, 6.45) is 2.53. The molecule has 2 aromatic heterocycles. The van der Waals surface area contributed by atoms with Crippen LogP contribution in [0.2, 0.25) is 0 Å². The van der Waals surface area contributed by atoms with Crippen LogP contribution in [0.1, 0.15) is 41.8 Å². The zero-order chi connectivity index (χ0) is 25.2. The number of anilines is 1. The number of likely N-dealkylation sites (tertiary alicyclic amines) is 1. The van der Waals surface area contributed by atoms with Gasteiger partial charge in [0.2, 0.25) is 16.0 Å². The van der Waals surface area contributed by atoms with E-state index in [0.717, 1.165) is 66.3 Å². The predicted molar refractivity (Wildman–Crippen MR) is 139 cm³/mol. The molecule has 4 rings (SSSR count). The second-order valence-corrected chi connectivity index (χ2v) is 11.6. The first-order chi connectivity index (χ1) is 16.6. The maximum atomic E-state index is 11.6. The molecule has 0 bridgehead atoms. The minimum absolute atomic E-state index is 0.157. The zero-order valence-electron chi connectivity index (χ0n) is 21.0. The lowest BCUT2D eigenvalue weighted by atomic mass is 10.1. The molecule has 1 saturated heterocycles. The molecule has 10 heteroatoms. The number of nitrogens with one attached hydrogen (secondary N) is 2. The smallest absolute Gasteiger partial charge is 0.211 e. The van der Waals surface area contributed by atoms with E-state index >= 15 is 0 Å². The van der Waals surface area contributed by atoms with Crippen LogP contribution in [0.25, 0.3) is 11.0 Å². The summed E-state index contributed by atoms with van der Waals surface area (Å²) in [5.74, 6) is 1.13. The molecule has 190 valence electrons. The van der Waals surface area contributed by atoms with E-state index in [1.807, 2.05) is 6.92 Å². The van der Waals surface area contributed by atoms with Gasteiger partial charge in [0.1, 0.15) is 11.4 Å². The molecule has 3 aromatic rings. The molecule has 0 amide bonds. The lowest BCUT2D eigenvalue weighted by molar-refractivity contribution is 0.219. The molecule has 3 N–H and O–H groups in total. The largest absolute Gasteiger partial charge is 0.506 e. The fraction of sp³-hybridized carbons (Fsp3) is 0.520. The first-order valence-electron chi connectivity index (χ1n) is 12.2. The number of benzene rings is 1. The number of rotatable bonds is 9. The van der Waals surface area contributed by atoms with Gasteiger partial charge in [0, 0.05) is 24.8 Å². The Morgan fingerprint density at radius 1 is 1.11 bits per heavy atom. The van der Waals surface area contributed by atoms with Crippen LogP contribution in [0.3, 0.4) is 0 Å². The third kappa shape index (κ3) is 6.12. The van der Waals surface area contributed by atoms with Crippen molar-refractivity contribution in [2.24, 2.45) is 0 Å². The van der Waals surface area contributed by atoms with Crippen molar-refractivity contribution in [1.82, 2.24) is 24.2 Å². The van der Waals surface area contributed by atoms with E-state index in [1.54, 1.807) is 12.1 Å². The van der Waals surface area contributed by atoms with Gasteiger partial charge in [-0.05, 0) is 83.0 Å². The lowest BCUT2D eigenvalue weighted by Crippen LogP contribution is -2.40. The van der Waals surface area contributed by atoms with Crippen LogP contribution in [0, 0.1) is 20.8 Å². The normalized spacial score (nSPS) is 15.7. The fourth-order valence-corrected chi connectivity index (χ4v) is 5.49. The Hall–Kier alpha value is -2.69. The van der Waals surface area contributed by atoms with Crippen molar-refractivity contribution in [1.29, 1.82) is 0 Å². The molecule has 0 radical (unpaired) electrons. The Bertz CT molecular complexity index is 1300. The molecule has 35 heavy (non-hydrogen) atoms. The second-order valence-electron chi connectivity index (χ2n) is 9.53. The minimum atomic E-state index is -3.15. The molecule has 9 nitrogen and oxygen atoms in total. The molecular weight excluding hydrogens is 464 g/mol. The van der Waals surface area contributed by atoms with Gasteiger partial charge in [-0.3, -0.25) is 4.98 Å². The number of hydrogen-bond donors (Lipinski definition) is 3. The quantitative estimate of drug-likeness (QED) is 0.414. The fourth-order valence-electron chi connectivity index (χ4n) is 4.77. The number of fused-ring (bicyclic) bond motifs is 1. The van der Waals surface area contributed by atoms with Crippen molar-refractivity contribution in [3.05, 3.63) is 46.8 Å². The number of hydrogen-bond acceptors (Lipinski definition) is 7. The SMILES string of the molecule is CNS(=O)(=O)CCCN1CCC(Nc2nc3c(C)cc(C)cc3n2Cc2nc(C)ccc2O)CC1. The summed E-state index contributed by atoms with van der Waals surface area (Å²) in [5.41, 5.74) is 5.74. The summed E-state index contributed by atoms with van der Waals surface area (Å²) in [4.78, 5) is 11.9. The van der Waals surface area contributed by atoms with Crippen LogP contribution in [0.4, 0.5) is 5.95 Å². The van der Waals surface area contributed by atoms with Crippen LogP contribution in [0.15, 0.2) is 24.3 Å². The van der Waals surface area contributed by atoms with E-state index in [-0.39, 0.29) is 17.5 Å². The van der Waals surface area contributed by atoms with E-state index in [9.17, 15) is 13.5 Å². The van der Waals surface area contributed by atoms with Gasteiger partial charge in [-0.2, -0.15) is 0 Å². The minimum Gasteiger partial charge on any atom is -0.506 e. The topological polar surface area (TPSA) is 112 Å². The Morgan fingerprint density at radius 3 is 2.57 bits per heavy atom. The van der Waals surface area contributed by atoms with Crippen molar-refractivity contribution in [2.75, 3.05) is 37.8 Å². The number of piperidine rings is 1. The molecule has 1 aromatic carbocycles.